The third-order valence-corrected chi connectivity index (χ3v) is 1.93. The van der Waals surface area contributed by atoms with E-state index in [4.69, 9.17) is 11.6 Å². The summed E-state index contributed by atoms with van der Waals surface area (Å²) in [6, 6.07) is 10.1. The molecular weight excluding hydrogens is 240 g/mol. The Morgan fingerprint density at radius 2 is 1.65 bits per heavy atom. The van der Waals surface area contributed by atoms with Crippen molar-refractivity contribution in [1.29, 1.82) is 0 Å². The molecule has 1 aliphatic heterocycles. The van der Waals surface area contributed by atoms with Crippen molar-refractivity contribution in [2.45, 2.75) is 0 Å². The highest BCUT2D eigenvalue weighted by Crippen LogP contribution is 2.00. The molecule has 0 saturated carbocycles. The van der Waals surface area contributed by atoms with Gasteiger partial charge in [0.25, 0.3) is 0 Å². The number of carbonyl (C=O) groups is 2. The first-order chi connectivity index (χ1) is 8.22. The van der Waals surface area contributed by atoms with E-state index in [0.717, 1.165) is 12.2 Å². The molecule has 0 aliphatic carbocycles. The average molecular weight is 251 g/mol. The first-order valence-electron chi connectivity index (χ1n) is 4.94. The topological polar surface area (TPSA) is 43.4 Å². The standard InChI is InChI=1S/C9H9Cl.C4H2O3/c10-8-4-7-9-5-2-1-3-6-9;5-3-1-2-4(6)7-3/h1-7H,8H2;1-2H. The van der Waals surface area contributed by atoms with Gasteiger partial charge in [-0.2, -0.15) is 0 Å². The Balaban J connectivity index is 0.000000181. The number of cyclic esters (lactones) is 2. The van der Waals surface area contributed by atoms with Crippen molar-refractivity contribution in [2.24, 2.45) is 0 Å². The van der Waals surface area contributed by atoms with Crippen molar-refractivity contribution < 1.29 is 14.3 Å². The number of alkyl halides is 1. The molecule has 88 valence electrons. The molecule has 4 heteroatoms. The summed E-state index contributed by atoms with van der Waals surface area (Å²) in [5.74, 6) is -0.579. The van der Waals surface area contributed by atoms with Crippen molar-refractivity contribution in [3.05, 3.63) is 54.1 Å². The van der Waals surface area contributed by atoms with Gasteiger partial charge in [0, 0.05) is 18.0 Å². The maximum atomic E-state index is 9.92. The van der Waals surface area contributed by atoms with Gasteiger partial charge in [-0.15, -0.1) is 11.6 Å². The maximum absolute atomic E-state index is 9.92. The van der Waals surface area contributed by atoms with Crippen molar-refractivity contribution in [1.82, 2.24) is 0 Å². The molecule has 0 radical (unpaired) electrons. The molecule has 0 fully saturated rings. The highest BCUT2D eigenvalue weighted by atomic mass is 35.5. The number of hydrogen-bond donors (Lipinski definition) is 0. The molecule has 0 N–H and O–H groups in total. The zero-order valence-corrected chi connectivity index (χ0v) is 9.76. The van der Waals surface area contributed by atoms with Crippen LogP contribution in [0.25, 0.3) is 6.08 Å². The third kappa shape index (κ3) is 5.68. The van der Waals surface area contributed by atoms with Crippen LogP contribution >= 0.6 is 11.6 Å². The van der Waals surface area contributed by atoms with Gasteiger partial charge >= 0.3 is 11.9 Å². The maximum Gasteiger partial charge on any atom is 0.338 e. The third-order valence-electron chi connectivity index (χ3n) is 1.76. The van der Waals surface area contributed by atoms with Crippen LogP contribution in [0.2, 0.25) is 0 Å². The fourth-order valence-electron chi connectivity index (χ4n) is 1.05. The Labute approximate surface area is 104 Å². The number of carbonyl (C=O) groups excluding carboxylic acids is 2. The van der Waals surface area contributed by atoms with Gasteiger partial charge in [0.15, 0.2) is 0 Å². The van der Waals surface area contributed by atoms with Crippen LogP contribution in [0.5, 0.6) is 0 Å². The lowest BCUT2D eigenvalue weighted by molar-refractivity contribution is -0.150. The van der Waals surface area contributed by atoms with Crippen LogP contribution in [0.1, 0.15) is 5.56 Å². The molecule has 2 rings (SSSR count). The van der Waals surface area contributed by atoms with Gasteiger partial charge in [-0.3, -0.25) is 0 Å². The number of hydrogen-bond acceptors (Lipinski definition) is 3. The van der Waals surface area contributed by atoms with Gasteiger partial charge in [-0.25, -0.2) is 9.59 Å². The molecule has 1 aromatic carbocycles. The molecule has 0 saturated heterocycles. The van der Waals surface area contributed by atoms with Gasteiger partial charge in [0.2, 0.25) is 0 Å². The lowest BCUT2D eigenvalue weighted by atomic mass is 10.2. The van der Waals surface area contributed by atoms with Gasteiger partial charge in [0.1, 0.15) is 0 Å². The second-order valence-electron chi connectivity index (χ2n) is 3.04. The van der Waals surface area contributed by atoms with Gasteiger partial charge in [-0.05, 0) is 5.56 Å². The molecule has 0 unspecified atom stereocenters. The Morgan fingerprint density at radius 3 is 2.06 bits per heavy atom. The lowest BCUT2D eigenvalue weighted by Crippen LogP contribution is -1.96. The fraction of sp³-hybridized carbons (Fsp3) is 0.0769. The largest absolute Gasteiger partial charge is 0.387 e. The zero-order chi connectivity index (χ0) is 12.5. The first-order valence-corrected chi connectivity index (χ1v) is 5.47. The normalized spacial score (nSPS) is 13.5. The molecule has 0 bridgehead atoms. The summed E-state index contributed by atoms with van der Waals surface area (Å²) < 4.78 is 3.97. The van der Waals surface area contributed by atoms with Crippen LogP contribution < -0.4 is 0 Å². The second kappa shape index (κ2) is 7.41. The van der Waals surface area contributed by atoms with Crippen LogP contribution in [-0.2, 0) is 14.3 Å². The lowest BCUT2D eigenvalue weighted by Gasteiger charge is -1.87. The van der Waals surface area contributed by atoms with E-state index in [9.17, 15) is 9.59 Å². The predicted octanol–water partition coefficient (Wildman–Crippen LogP) is 2.56. The monoisotopic (exact) mass is 250 g/mol. The Kier molecular flexibility index (Phi) is 5.75. The van der Waals surface area contributed by atoms with E-state index in [-0.39, 0.29) is 0 Å². The Hall–Kier alpha value is -1.87. The van der Waals surface area contributed by atoms with E-state index in [2.05, 4.69) is 4.74 Å². The summed E-state index contributed by atoms with van der Waals surface area (Å²) in [4.78, 5) is 19.8. The highest BCUT2D eigenvalue weighted by molar-refractivity contribution is 6.19. The zero-order valence-electron chi connectivity index (χ0n) is 9.01. The highest BCUT2D eigenvalue weighted by Gasteiger charge is 2.10. The van der Waals surface area contributed by atoms with Crippen LogP contribution in [0.3, 0.4) is 0 Å². The van der Waals surface area contributed by atoms with Crippen molar-refractivity contribution in [3.8, 4) is 0 Å². The predicted molar refractivity (Wildman–Crippen MR) is 66.4 cm³/mol. The first kappa shape index (κ1) is 13.2. The summed E-state index contributed by atoms with van der Waals surface area (Å²) in [5, 5.41) is 0. The van der Waals surface area contributed by atoms with Crippen LogP contribution in [-0.4, -0.2) is 17.8 Å². The van der Waals surface area contributed by atoms with Gasteiger partial charge < -0.3 is 4.74 Å². The summed E-state index contributed by atoms with van der Waals surface area (Å²) in [6.45, 7) is 0. The molecule has 0 aromatic heterocycles. The number of rotatable bonds is 2. The van der Waals surface area contributed by atoms with Crippen LogP contribution in [0, 0.1) is 0 Å². The summed E-state index contributed by atoms with van der Waals surface area (Å²) in [6.07, 6.45) is 6.11. The van der Waals surface area contributed by atoms with Crippen molar-refractivity contribution in [2.75, 3.05) is 5.88 Å². The molecule has 0 amide bonds. The van der Waals surface area contributed by atoms with Gasteiger partial charge in [0.05, 0.1) is 0 Å². The minimum atomic E-state index is -0.579. The number of esters is 2. The SMILES string of the molecule is ClCC=Cc1ccccc1.O=C1C=CC(=O)O1. The van der Waals surface area contributed by atoms with E-state index < -0.39 is 11.9 Å². The summed E-state index contributed by atoms with van der Waals surface area (Å²) in [7, 11) is 0. The van der Waals surface area contributed by atoms with Crippen molar-refractivity contribution >= 4 is 29.6 Å². The minimum absolute atomic E-state index is 0.578. The van der Waals surface area contributed by atoms with Gasteiger partial charge in [-0.1, -0.05) is 42.5 Å². The van der Waals surface area contributed by atoms with E-state index in [1.807, 2.05) is 42.5 Å². The molecule has 1 heterocycles. The fourth-order valence-corrected chi connectivity index (χ4v) is 1.14. The Morgan fingerprint density at radius 1 is 1.06 bits per heavy atom. The smallest absolute Gasteiger partial charge is 0.338 e. The van der Waals surface area contributed by atoms with E-state index in [1.54, 1.807) is 0 Å². The quantitative estimate of drug-likeness (QED) is 0.460. The molecule has 1 aliphatic rings. The number of ether oxygens (including phenoxy) is 1. The summed E-state index contributed by atoms with van der Waals surface area (Å²) >= 11 is 5.46. The minimum Gasteiger partial charge on any atom is -0.387 e. The summed E-state index contributed by atoms with van der Waals surface area (Å²) in [5.41, 5.74) is 1.20. The molecule has 0 spiro atoms. The second-order valence-corrected chi connectivity index (χ2v) is 3.35. The van der Waals surface area contributed by atoms with Crippen molar-refractivity contribution in [3.63, 3.8) is 0 Å². The molecule has 0 atom stereocenters. The molecule has 1 aromatic rings. The molecular formula is C13H11ClO3. The number of allylic oxidation sites excluding steroid dienone is 1. The molecule has 17 heavy (non-hydrogen) atoms. The van der Waals surface area contributed by atoms with E-state index in [0.29, 0.717) is 5.88 Å². The van der Waals surface area contributed by atoms with E-state index >= 15 is 0 Å². The van der Waals surface area contributed by atoms with E-state index in [1.165, 1.54) is 5.56 Å². The van der Waals surface area contributed by atoms with Crippen LogP contribution in [0.15, 0.2) is 48.6 Å². The number of benzene rings is 1. The van der Waals surface area contributed by atoms with Crippen LogP contribution in [0.4, 0.5) is 0 Å². The number of halogens is 1. The Bertz CT molecular complexity index is 419. The average Bonchev–Trinajstić information content (AvgIpc) is 2.73. The molecule has 3 nitrogen and oxygen atoms in total.